The van der Waals surface area contributed by atoms with Crippen LogP contribution in [0.4, 0.5) is 0 Å². The van der Waals surface area contributed by atoms with Crippen molar-refractivity contribution in [2.75, 3.05) is 0 Å². The summed E-state index contributed by atoms with van der Waals surface area (Å²) in [5.41, 5.74) is 4.68. The highest BCUT2D eigenvalue weighted by molar-refractivity contribution is 6.07. The Balaban J connectivity index is 1.48. The number of nitrogens with one attached hydrogen (secondary N) is 1. The smallest absolute Gasteiger partial charge is 0.252 e. The van der Waals surface area contributed by atoms with Crippen molar-refractivity contribution in [3.05, 3.63) is 65.7 Å². The van der Waals surface area contributed by atoms with Crippen molar-refractivity contribution in [2.24, 2.45) is 17.8 Å². The average molecular weight is 385 g/mol. The molecular weight excluding hydrogens is 356 g/mol. The van der Waals surface area contributed by atoms with Crippen LogP contribution >= 0.6 is 0 Å². The molecule has 3 nitrogen and oxygen atoms in total. The quantitative estimate of drug-likeness (QED) is 0.621. The van der Waals surface area contributed by atoms with Crippen molar-refractivity contribution in [3.63, 3.8) is 0 Å². The fourth-order valence-electron chi connectivity index (χ4n) is 5.61. The molecule has 0 aliphatic heterocycles. The molecule has 1 heterocycles. The van der Waals surface area contributed by atoms with Gasteiger partial charge >= 0.3 is 0 Å². The molecule has 3 heteroatoms. The van der Waals surface area contributed by atoms with E-state index in [-0.39, 0.29) is 11.9 Å². The first-order valence-corrected chi connectivity index (χ1v) is 10.9. The molecule has 0 saturated heterocycles. The molecule has 4 atom stereocenters. The minimum Gasteiger partial charge on any atom is -0.349 e. The lowest BCUT2D eigenvalue weighted by atomic mass is 9.84. The Morgan fingerprint density at radius 1 is 1.07 bits per heavy atom. The minimum absolute atomic E-state index is 0.0211. The number of rotatable bonds is 4. The van der Waals surface area contributed by atoms with E-state index in [1.165, 1.54) is 31.2 Å². The Kier molecular flexibility index (Phi) is 4.61. The third-order valence-corrected chi connectivity index (χ3v) is 7.07. The van der Waals surface area contributed by atoms with Gasteiger partial charge in [0.2, 0.25) is 0 Å². The van der Waals surface area contributed by atoms with Crippen LogP contribution in [0, 0.1) is 24.7 Å². The average Bonchev–Trinajstić information content (AvgIpc) is 3.36. The van der Waals surface area contributed by atoms with Crippen LogP contribution in [0.15, 0.2) is 54.6 Å². The highest BCUT2D eigenvalue weighted by Crippen LogP contribution is 2.49. The predicted octanol–water partition coefficient (Wildman–Crippen LogP) is 5.76. The first-order chi connectivity index (χ1) is 14.1. The van der Waals surface area contributed by atoms with Crippen LogP contribution in [-0.4, -0.2) is 16.9 Å². The molecule has 29 heavy (non-hydrogen) atoms. The van der Waals surface area contributed by atoms with E-state index in [1.807, 2.05) is 36.4 Å². The molecule has 2 bridgehead atoms. The van der Waals surface area contributed by atoms with Crippen molar-refractivity contribution < 1.29 is 4.79 Å². The van der Waals surface area contributed by atoms with Gasteiger partial charge in [0, 0.05) is 17.0 Å². The van der Waals surface area contributed by atoms with Crippen LogP contribution in [-0.2, 0) is 0 Å². The Morgan fingerprint density at radius 2 is 1.93 bits per heavy atom. The van der Waals surface area contributed by atoms with E-state index >= 15 is 0 Å². The Labute approximate surface area is 172 Å². The lowest BCUT2D eigenvalue weighted by Crippen LogP contribution is -2.40. The molecule has 1 aromatic heterocycles. The number of nitrogens with zero attached hydrogens (tertiary/aromatic N) is 1. The van der Waals surface area contributed by atoms with Crippen LogP contribution in [0.3, 0.4) is 0 Å². The molecule has 0 spiro atoms. The largest absolute Gasteiger partial charge is 0.349 e. The van der Waals surface area contributed by atoms with Gasteiger partial charge in [-0.05, 0) is 69.1 Å². The van der Waals surface area contributed by atoms with Gasteiger partial charge in [0.05, 0.1) is 16.8 Å². The number of aryl methyl sites for hydroxylation is 1. The van der Waals surface area contributed by atoms with Gasteiger partial charge in [-0.25, -0.2) is 4.98 Å². The molecule has 1 N–H and O–H groups in total. The summed E-state index contributed by atoms with van der Waals surface area (Å²) >= 11 is 0. The second-order valence-corrected chi connectivity index (χ2v) is 9.04. The van der Waals surface area contributed by atoms with Crippen LogP contribution in [0.1, 0.15) is 48.5 Å². The predicted molar refractivity (Wildman–Crippen MR) is 118 cm³/mol. The summed E-state index contributed by atoms with van der Waals surface area (Å²) in [6.45, 7) is 4.27. The summed E-state index contributed by atoms with van der Waals surface area (Å²) in [7, 11) is 0. The van der Waals surface area contributed by atoms with Crippen molar-refractivity contribution in [1.29, 1.82) is 0 Å². The lowest BCUT2D eigenvalue weighted by molar-refractivity contribution is 0.0917. The van der Waals surface area contributed by atoms with Gasteiger partial charge in [-0.1, -0.05) is 48.4 Å². The number of hydrogen-bond donors (Lipinski definition) is 1. The number of fused-ring (bicyclic) bond motifs is 3. The number of aromatic nitrogens is 1. The summed E-state index contributed by atoms with van der Waals surface area (Å²) in [6.07, 6.45) is 5.36. The van der Waals surface area contributed by atoms with Gasteiger partial charge in [0.15, 0.2) is 0 Å². The van der Waals surface area contributed by atoms with Crippen LogP contribution < -0.4 is 5.32 Å². The number of para-hydroxylation sites is 1. The Morgan fingerprint density at radius 3 is 2.69 bits per heavy atom. The Hall–Kier alpha value is -2.68. The zero-order chi connectivity index (χ0) is 20.0. The number of hydrogen-bond acceptors (Lipinski definition) is 2. The van der Waals surface area contributed by atoms with Crippen molar-refractivity contribution in [3.8, 4) is 11.3 Å². The van der Waals surface area contributed by atoms with Gasteiger partial charge in [-0.15, -0.1) is 0 Å². The van der Waals surface area contributed by atoms with Gasteiger partial charge in [-0.2, -0.15) is 0 Å². The summed E-state index contributed by atoms with van der Waals surface area (Å²) in [6, 6.07) is 18.4. The second-order valence-electron chi connectivity index (χ2n) is 9.04. The first kappa shape index (κ1) is 18.4. The van der Waals surface area contributed by atoms with E-state index in [9.17, 15) is 4.79 Å². The minimum atomic E-state index is 0.0211. The summed E-state index contributed by atoms with van der Waals surface area (Å²) in [5.74, 6) is 2.33. The fourth-order valence-corrected chi connectivity index (χ4v) is 5.61. The molecule has 5 rings (SSSR count). The maximum absolute atomic E-state index is 13.3. The van der Waals surface area contributed by atoms with E-state index in [0.29, 0.717) is 5.92 Å². The van der Waals surface area contributed by atoms with Gasteiger partial charge in [0.25, 0.3) is 5.91 Å². The van der Waals surface area contributed by atoms with Crippen LogP contribution in [0.25, 0.3) is 22.2 Å². The number of benzene rings is 2. The topological polar surface area (TPSA) is 42.0 Å². The zero-order valence-corrected chi connectivity index (χ0v) is 17.2. The van der Waals surface area contributed by atoms with Crippen molar-refractivity contribution >= 4 is 16.8 Å². The van der Waals surface area contributed by atoms with E-state index in [1.54, 1.807) is 0 Å². The highest BCUT2D eigenvalue weighted by Gasteiger charge is 2.42. The third kappa shape index (κ3) is 3.43. The molecule has 2 saturated carbocycles. The molecule has 3 aromatic rings. The lowest BCUT2D eigenvalue weighted by Gasteiger charge is -2.28. The molecule has 0 radical (unpaired) electrons. The molecule has 2 aliphatic carbocycles. The fraction of sp³-hybridized carbons (Fsp3) is 0.385. The van der Waals surface area contributed by atoms with Gasteiger partial charge < -0.3 is 5.32 Å². The Bertz CT molecular complexity index is 1070. The number of pyridine rings is 1. The molecule has 1 amide bonds. The molecule has 0 unspecified atom stereocenters. The molecule has 148 valence electrons. The van der Waals surface area contributed by atoms with Crippen molar-refractivity contribution in [2.45, 2.75) is 45.6 Å². The monoisotopic (exact) mass is 384 g/mol. The number of amides is 1. The zero-order valence-electron chi connectivity index (χ0n) is 17.2. The molecule has 2 aromatic carbocycles. The van der Waals surface area contributed by atoms with Crippen LogP contribution in [0.5, 0.6) is 0 Å². The maximum atomic E-state index is 13.3. The standard InChI is InChI=1S/C26H28N2O/c1-16-6-5-7-20(12-16)25-15-23(21-8-3-4-9-24(21)28-25)26(29)27-17(2)22-14-18-10-11-19(22)13-18/h3-9,12,15,17-19,22H,10-11,13-14H2,1-2H3,(H,27,29)/t17-,18-,19-,22-/m1/s1. The number of carbonyl (C=O) groups is 1. The van der Waals surface area contributed by atoms with Gasteiger partial charge in [-0.3, -0.25) is 4.79 Å². The molecular formula is C26H28N2O. The maximum Gasteiger partial charge on any atom is 0.252 e. The third-order valence-electron chi connectivity index (χ3n) is 7.07. The number of carbonyl (C=O) groups excluding carboxylic acids is 1. The summed E-state index contributed by atoms with van der Waals surface area (Å²) in [5, 5.41) is 4.26. The first-order valence-electron chi connectivity index (χ1n) is 10.9. The molecule has 2 aliphatic rings. The highest BCUT2D eigenvalue weighted by atomic mass is 16.1. The second kappa shape index (κ2) is 7.29. The normalized spacial score (nSPS) is 24.0. The SMILES string of the molecule is Cc1cccc(-c2cc(C(=O)N[C@H](C)[C@H]3C[C@@H]4CC[C@@H]3C4)c3ccccc3n2)c1. The van der Waals surface area contributed by atoms with E-state index in [2.05, 4.69) is 37.4 Å². The van der Waals surface area contributed by atoms with Gasteiger partial charge in [0.1, 0.15) is 0 Å². The summed E-state index contributed by atoms with van der Waals surface area (Å²) in [4.78, 5) is 18.2. The molecule has 2 fully saturated rings. The summed E-state index contributed by atoms with van der Waals surface area (Å²) < 4.78 is 0. The van der Waals surface area contributed by atoms with E-state index in [0.717, 1.165) is 39.6 Å². The van der Waals surface area contributed by atoms with Crippen molar-refractivity contribution in [1.82, 2.24) is 10.3 Å². The van der Waals surface area contributed by atoms with Crippen LogP contribution in [0.2, 0.25) is 0 Å². The van der Waals surface area contributed by atoms with E-state index < -0.39 is 0 Å². The van der Waals surface area contributed by atoms with E-state index in [4.69, 9.17) is 4.98 Å².